The molecule has 0 aliphatic heterocycles. The molecule has 5 nitrogen and oxygen atoms in total. The lowest BCUT2D eigenvalue weighted by molar-refractivity contribution is -0.151. The summed E-state index contributed by atoms with van der Waals surface area (Å²) >= 11 is 0. The number of hydrogen-bond donors (Lipinski definition) is 3. The maximum Gasteiger partial charge on any atom is 0.309 e. The van der Waals surface area contributed by atoms with Gasteiger partial charge >= 0.3 is 5.97 Å². The number of aliphatic carboxylic acids is 1. The molecule has 5 N–H and O–H groups in total. The quantitative estimate of drug-likeness (QED) is 0.472. The Morgan fingerprint density at radius 2 is 1.87 bits per heavy atom. The molecule has 5 heteroatoms. The van der Waals surface area contributed by atoms with E-state index in [1.807, 2.05) is 0 Å². The van der Waals surface area contributed by atoms with Crippen LogP contribution in [0.1, 0.15) is 38.5 Å². The molecule has 0 aromatic heterocycles. The van der Waals surface area contributed by atoms with Gasteiger partial charge in [-0.2, -0.15) is 0 Å². The Morgan fingerprint density at radius 3 is 2.33 bits per heavy atom. The maximum absolute atomic E-state index is 11.2. The minimum Gasteiger partial charge on any atom is -0.481 e. The second kappa shape index (κ2) is 5.00. The molecule has 86 valence electrons. The Balaban J connectivity index is 2.57. The van der Waals surface area contributed by atoms with Gasteiger partial charge in [-0.1, -0.05) is 19.3 Å². The first-order valence-corrected chi connectivity index (χ1v) is 5.36. The van der Waals surface area contributed by atoms with Gasteiger partial charge in [-0.05, 0) is 19.3 Å². The van der Waals surface area contributed by atoms with Crippen molar-refractivity contribution >= 4 is 11.9 Å². The summed E-state index contributed by atoms with van der Waals surface area (Å²) in [6.45, 7) is 0.411. The molecule has 0 bridgehead atoms. The molecule has 0 saturated heterocycles. The fraction of sp³-hybridized carbons (Fsp3) is 0.800. The van der Waals surface area contributed by atoms with Gasteiger partial charge in [0, 0.05) is 6.54 Å². The zero-order chi connectivity index (χ0) is 11.3. The highest BCUT2D eigenvalue weighted by Crippen LogP contribution is 2.39. The molecule has 0 unspecified atom stereocenters. The molecular weight excluding hydrogens is 194 g/mol. The molecule has 0 amide bonds. The average Bonchev–Trinajstić information content (AvgIpc) is 2.18. The Morgan fingerprint density at radius 1 is 1.27 bits per heavy atom. The summed E-state index contributed by atoms with van der Waals surface area (Å²) in [7, 11) is 0. The largest absolute Gasteiger partial charge is 0.481 e. The lowest BCUT2D eigenvalue weighted by Gasteiger charge is -2.32. The van der Waals surface area contributed by atoms with Gasteiger partial charge in [0.05, 0.1) is 5.41 Å². The van der Waals surface area contributed by atoms with Crippen molar-refractivity contribution in [1.82, 2.24) is 0 Å². The molecule has 0 atom stereocenters. The van der Waals surface area contributed by atoms with Crippen LogP contribution in [0.15, 0.2) is 4.99 Å². The molecule has 1 rings (SSSR count). The van der Waals surface area contributed by atoms with Gasteiger partial charge in [0.15, 0.2) is 5.96 Å². The summed E-state index contributed by atoms with van der Waals surface area (Å²) in [6, 6.07) is 0. The lowest BCUT2D eigenvalue weighted by Crippen LogP contribution is -2.34. The van der Waals surface area contributed by atoms with Gasteiger partial charge in [0.1, 0.15) is 0 Å². The number of nitrogens with zero attached hydrogens (tertiary/aromatic N) is 1. The van der Waals surface area contributed by atoms with Crippen molar-refractivity contribution in [3.05, 3.63) is 0 Å². The van der Waals surface area contributed by atoms with Crippen molar-refractivity contribution in [2.75, 3.05) is 6.54 Å². The van der Waals surface area contributed by atoms with Crippen LogP contribution in [-0.4, -0.2) is 23.6 Å². The molecule has 0 spiro atoms. The Hall–Kier alpha value is -1.26. The first kappa shape index (κ1) is 11.8. The van der Waals surface area contributed by atoms with Crippen LogP contribution in [0.3, 0.4) is 0 Å². The highest BCUT2D eigenvalue weighted by atomic mass is 16.4. The SMILES string of the molecule is NC(N)=NCCC1(C(=O)O)CCCCC1. The number of hydrogen-bond acceptors (Lipinski definition) is 2. The van der Waals surface area contributed by atoms with E-state index in [2.05, 4.69) is 4.99 Å². The molecule has 0 radical (unpaired) electrons. The van der Waals surface area contributed by atoms with Gasteiger partial charge in [0.2, 0.25) is 0 Å². The normalized spacial score (nSPS) is 19.5. The monoisotopic (exact) mass is 213 g/mol. The van der Waals surface area contributed by atoms with Crippen LogP contribution < -0.4 is 11.5 Å². The van der Waals surface area contributed by atoms with E-state index >= 15 is 0 Å². The van der Waals surface area contributed by atoms with E-state index < -0.39 is 11.4 Å². The van der Waals surface area contributed by atoms with E-state index in [0.717, 1.165) is 32.1 Å². The van der Waals surface area contributed by atoms with E-state index in [0.29, 0.717) is 13.0 Å². The molecule has 1 aliphatic rings. The van der Waals surface area contributed by atoms with Crippen molar-refractivity contribution in [1.29, 1.82) is 0 Å². The second-order valence-corrected chi connectivity index (χ2v) is 4.20. The van der Waals surface area contributed by atoms with E-state index in [4.69, 9.17) is 11.5 Å². The van der Waals surface area contributed by atoms with E-state index in [9.17, 15) is 9.90 Å². The van der Waals surface area contributed by atoms with Crippen LogP contribution in [-0.2, 0) is 4.79 Å². The van der Waals surface area contributed by atoms with Gasteiger partial charge in [-0.25, -0.2) is 0 Å². The van der Waals surface area contributed by atoms with Crippen molar-refractivity contribution < 1.29 is 9.90 Å². The minimum absolute atomic E-state index is 0.0337. The summed E-state index contributed by atoms with van der Waals surface area (Å²) in [5.74, 6) is -0.667. The highest BCUT2D eigenvalue weighted by molar-refractivity contribution is 5.76. The Kier molecular flexibility index (Phi) is 3.94. The molecule has 0 aromatic rings. The van der Waals surface area contributed by atoms with Gasteiger partial charge in [-0.15, -0.1) is 0 Å². The molecule has 0 aromatic carbocycles. The first-order valence-electron chi connectivity index (χ1n) is 5.36. The summed E-state index contributed by atoms with van der Waals surface area (Å²) < 4.78 is 0. The second-order valence-electron chi connectivity index (χ2n) is 4.20. The molecule has 0 heterocycles. The van der Waals surface area contributed by atoms with Gasteiger partial charge in [-0.3, -0.25) is 9.79 Å². The van der Waals surface area contributed by atoms with Crippen LogP contribution >= 0.6 is 0 Å². The third kappa shape index (κ3) is 3.11. The predicted molar refractivity (Wildman–Crippen MR) is 58.4 cm³/mol. The number of aliphatic imine (C=N–C) groups is 1. The van der Waals surface area contributed by atoms with Gasteiger partial charge in [0.25, 0.3) is 0 Å². The maximum atomic E-state index is 11.2. The number of carboxylic acid groups (broad SMARTS) is 1. The van der Waals surface area contributed by atoms with E-state index in [-0.39, 0.29) is 5.96 Å². The first-order chi connectivity index (χ1) is 7.07. The van der Waals surface area contributed by atoms with Crippen LogP contribution in [0, 0.1) is 5.41 Å². The zero-order valence-electron chi connectivity index (χ0n) is 8.91. The smallest absolute Gasteiger partial charge is 0.309 e. The zero-order valence-corrected chi connectivity index (χ0v) is 8.91. The van der Waals surface area contributed by atoms with Crippen LogP contribution in [0.4, 0.5) is 0 Å². The third-order valence-corrected chi connectivity index (χ3v) is 3.15. The highest BCUT2D eigenvalue weighted by Gasteiger charge is 2.38. The van der Waals surface area contributed by atoms with E-state index in [1.165, 1.54) is 0 Å². The van der Waals surface area contributed by atoms with Crippen molar-refractivity contribution in [2.45, 2.75) is 38.5 Å². The summed E-state index contributed by atoms with van der Waals surface area (Å²) in [5.41, 5.74) is 9.83. The van der Waals surface area contributed by atoms with Crippen LogP contribution in [0.25, 0.3) is 0 Å². The Bertz CT molecular complexity index is 253. The number of nitrogens with two attached hydrogens (primary N) is 2. The van der Waals surface area contributed by atoms with Crippen molar-refractivity contribution in [3.8, 4) is 0 Å². The fourth-order valence-electron chi connectivity index (χ4n) is 2.20. The minimum atomic E-state index is -0.701. The van der Waals surface area contributed by atoms with Crippen LogP contribution in [0.5, 0.6) is 0 Å². The summed E-state index contributed by atoms with van der Waals surface area (Å²) in [5, 5.41) is 9.24. The van der Waals surface area contributed by atoms with Gasteiger partial charge < -0.3 is 16.6 Å². The molecule has 15 heavy (non-hydrogen) atoms. The topological polar surface area (TPSA) is 102 Å². The Labute approximate surface area is 89.5 Å². The van der Waals surface area contributed by atoms with Crippen molar-refractivity contribution in [3.63, 3.8) is 0 Å². The number of carboxylic acids is 1. The molecular formula is C10H19N3O2. The van der Waals surface area contributed by atoms with Crippen molar-refractivity contribution in [2.24, 2.45) is 21.9 Å². The van der Waals surface area contributed by atoms with E-state index in [1.54, 1.807) is 0 Å². The number of guanidine groups is 1. The standard InChI is InChI=1S/C10H19N3O2/c11-9(12)13-7-6-10(8(14)15)4-2-1-3-5-10/h1-7H2,(H,14,15)(H4,11,12,13). The summed E-state index contributed by atoms with van der Waals surface area (Å²) in [6.07, 6.45) is 5.17. The molecule has 1 aliphatic carbocycles. The fourth-order valence-corrected chi connectivity index (χ4v) is 2.20. The third-order valence-electron chi connectivity index (χ3n) is 3.15. The average molecular weight is 213 g/mol. The number of rotatable bonds is 4. The van der Waals surface area contributed by atoms with Crippen LogP contribution in [0.2, 0.25) is 0 Å². The lowest BCUT2D eigenvalue weighted by atomic mass is 9.72. The molecule has 1 fully saturated rings. The predicted octanol–water partition coefficient (Wildman–Crippen LogP) is 0.685. The molecule has 1 saturated carbocycles. The number of carbonyl (C=O) groups is 1. The summed E-state index contributed by atoms with van der Waals surface area (Å²) in [4.78, 5) is 15.1.